The molecule has 1 saturated heterocycles. The average molecular weight is 381 g/mol. The largest absolute Gasteiger partial charge is 0.453 e. The van der Waals surface area contributed by atoms with E-state index in [1.54, 1.807) is 42.6 Å². The van der Waals surface area contributed by atoms with Crippen LogP contribution >= 0.6 is 0 Å². The first kappa shape index (κ1) is 18.3. The Hall–Kier alpha value is -3.10. The van der Waals surface area contributed by atoms with E-state index in [2.05, 4.69) is 25.3 Å². The number of nitrogens with one attached hydrogen (secondary N) is 1. The normalized spacial score (nSPS) is 17.9. The van der Waals surface area contributed by atoms with Gasteiger partial charge >= 0.3 is 0 Å². The first-order chi connectivity index (χ1) is 13.7. The molecule has 4 rings (SSSR count). The van der Waals surface area contributed by atoms with Crippen molar-refractivity contribution in [1.29, 1.82) is 0 Å². The van der Waals surface area contributed by atoms with Gasteiger partial charge in [0.05, 0.1) is 12.2 Å². The zero-order chi connectivity index (χ0) is 19.3. The molecule has 0 aliphatic carbocycles. The molecule has 0 spiro atoms. The molecule has 28 heavy (non-hydrogen) atoms. The van der Waals surface area contributed by atoms with Crippen molar-refractivity contribution in [3.05, 3.63) is 65.8 Å². The summed E-state index contributed by atoms with van der Waals surface area (Å²) in [6.07, 6.45) is 6.54. The molecule has 1 atom stereocenters. The molecule has 2 aromatic heterocycles. The van der Waals surface area contributed by atoms with E-state index < -0.39 is 5.82 Å². The van der Waals surface area contributed by atoms with Gasteiger partial charge in [-0.2, -0.15) is 4.98 Å². The molecular formula is C20H20FN5O2. The number of hydrogen-bond donors (Lipinski definition) is 1. The van der Waals surface area contributed by atoms with E-state index in [0.717, 1.165) is 19.6 Å². The number of nitrogens with zero attached hydrogens (tertiary/aromatic N) is 4. The van der Waals surface area contributed by atoms with Crippen LogP contribution in [0.2, 0.25) is 0 Å². The molecule has 1 aliphatic rings. The van der Waals surface area contributed by atoms with Crippen LogP contribution < -0.4 is 10.1 Å². The highest BCUT2D eigenvalue weighted by molar-refractivity contribution is 5.66. The minimum atomic E-state index is -0.466. The van der Waals surface area contributed by atoms with Crippen molar-refractivity contribution >= 4 is 12.2 Å². The highest BCUT2D eigenvalue weighted by atomic mass is 19.1. The highest BCUT2D eigenvalue weighted by Gasteiger charge is 2.24. The van der Waals surface area contributed by atoms with E-state index in [1.807, 2.05) is 7.05 Å². The highest BCUT2D eigenvalue weighted by Crippen LogP contribution is 2.25. The second-order valence-corrected chi connectivity index (χ2v) is 6.51. The fourth-order valence-corrected chi connectivity index (χ4v) is 2.95. The van der Waals surface area contributed by atoms with E-state index in [0.29, 0.717) is 23.0 Å². The summed E-state index contributed by atoms with van der Waals surface area (Å²) in [6.45, 7) is 2.66. The summed E-state index contributed by atoms with van der Waals surface area (Å²) in [5, 5.41) is 7.38. The maximum Gasteiger partial charge on any atom is 0.250 e. The Balaban J connectivity index is 1.44. The van der Waals surface area contributed by atoms with Crippen molar-refractivity contribution in [1.82, 2.24) is 25.3 Å². The molecular weight excluding hydrogens is 361 g/mol. The van der Waals surface area contributed by atoms with Crippen LogP contribution in [0.15, 0.2) is 47.2 Å². The molecule has 1 fully saturated rings. The van der Waals surface area contributed by atoms with Crippen molar-refractivity contribution in [2.75, 3.05) is 26.7 Å². The van der Waals surface area contributed by atoms with Crippen molar-refractivity contribution in [3.8, 4) is 11.5 Å². The molecule has 1 unspecified atom stereocenters. The van der Waals surface area contributed by atoms with Gasteiger partial charge in [-0.1, -0.05) is 11.2 Å². The van der Waals surface area contributed by atoms with Crippen LogP contribution in [0.3, 0.4) is 0 Å². The number of likely N-dealkylation sites (N-methyl/N-ethyl adjacent to an activating group) is 1. The van der Waals surface area contributed by atoms with E-state index in [1.165, 1.54) is 12.3 Å². The van der Waals surface area contributed by atoms with E-state index in [9.17, 15) is 4.39 Å². The van der Waals surface area contributed by atoms with E-state index in [4.69, 9.17) is 9.26 Å². The number of aromatic nitrogens is 3. The molecule has 3 aromatic rings. The van der Waals surface area contributed by atoms with Gasteiger partial charge in [0.25, 0.3) is 5.89 Å². The predicted molar refractivity (Wildman–Crippen MR) is 102 cm³/mol. The Morgan fingerprint density at radius 1 is 1.32 bits per heavy atom. The SMILES string of the molecule is CN1CCNCC1c1noc(/C=C/c2ccc(Oc3cccnc3)c(F)c2)n1. The van der Waals surface area contributed by atoms with Gasteiger partial charge in [0.15, 0.2) is 17.4 Å². The Morgan fingerprint density at radius 2 is 2.25 bits per heavy atom. The number of rotatable bonds is 5. The second kappa shape index (κ2) is 8.28. The number of pyridine rings is 1. The topological polar surface area (TPSA) is 76.3 Å². The Labute approximate surface area is 161 Å². The monoisotopic (exact) mass is 381 g/mol. The molecule has 144 valence electrons. The maximum atomic E-state index is 14.3. The third-order valence-electron chi connectivity index (χ3n) is 4.50. The molecule has 0 amide bonds. The quantitative estimate of drug-likeness (QED) is 0.727. The maximum absolute atomic E-state index is 14.3. The van der Waals surface area contributed by atoms with Gasteiger partial charge in [-0.25, -0.2) is 4.39 Å². The van der Waals surface area contributed by atoms with Crippen LogP contribution in [0.5, 0.6) is 11.5 Å². The summed E-state index contributed by atoms with van der Waals surface area (Å²) in [4.78, 5) is 10.6. The van der Waals surface area contributed by atoms with Crippen molar-refractivity contribution < 1.29 is 13.7 Å². The molecule has 8 heteroatoms. The van der Waals surface area contributed by atoms with Crippen LogP contribution in [0, 0.1) is 5.82 Å². The first-order valence-electron chi connectivity index (χ1n) is 8.99. The standard InChI is InChI=1S/C20H20FN5O2/c1-26-10-9-23-13-17(26)20-24-19(28-25-20)7-5-14-4-6-18(16(21)11-14)27-15-3-2-8-22-12-15/h2-8,11-12,17,23H,9-10,13H2,1H3/b7-5+. The van der Waals surface area contributed by atoms with Gasteiger partial charge in [0.2, 0.25) is 0 Å². The predicted octanol–water partition coefficient (Wildman–Crippen LogP) is 3.14. The Morgan fingerprint density at radius 3 is 3.04 bits per heavy atom. The summed E-state index contributed by atoms with van der Waals surface area (Å²) < 4.78 is 25.1. The lowest BCUT2D eigenvalue weighted by Gasteiger charge is -2.30. The van der Waals surface area contributed by atoms with E-state index >= 15 is 0 Å². The number of piperazine rings is 1. The summed E-state index contributed by atoms with van der Waals surface area (Å²) >= 11 is 0. The summed E-state index contributed by atoms with van der Waals surface area (Å²) in [6, 6.07) is 8.24. The molecule has 1 N–H and O–H groups in total. The van der Waals surface area contributed by atoms with Gasteiger partial charge < -0.3 is 14.6 Å². The molecule has 0 bridgehead atoms. The molecule has 0 saturated carbocycles. The van der Waals surface area contributed by atoms with Gasteiger partial charge in [0, 0.05) is 31.9 Å². The number of ether oxygens (including phenoxy) is 1. The van der Waals surface area contributed by atoms with Gasteiger partial charge in [0.1, 0.15) is 5.75 Å². The third-order valence-corrected chi connectivity index (χ3v) is 4.50. The van der Waals surface area contributed by atoms with Gasteiger partial charge in [-0.15, -0.1) is 0 Å². The number of hydrogen-bond acceptors (Lipinski definition) is 7. The number of halogens is 1. The molecule has 0 radical (unpaired) electrons. The van der Waals surface area contributed by atoms with Crippen molar-refractivity contribution in [3.63, 3.8) is 0 Å². The zero-order valence-corrected chi connectivity index (χ0v) is 15.4. The molecule has 7 nitrogen and oxygen atoms in total. The second-order valence-electron chi connectivity index (χ2n) is 6.51. The fraction of sp³-hybridized carbons (Fsp3) is 0.250. The minimum Gasteiger partial charge on any atom is -0.453 e. The fourth-order valence-electron chi connectivity index (χ4n) is 2.95. The van der Waals surface area contributed by atoms with Crippen LogP contribution in [-0.2, 0) is 0 Å². The summed E-state index contributed by atoms with van der Waals surface area (Å²) in [5.41, 5.74) is 0.659. The molecule has 1 aliphatic heterocycles. The Kier molecular flexibility index (Phi) is 5.41. The van der Waals surface area contributed by atoms with Crippen LogP contribution in [0.1, 0.15) is 23.3 Å². The lowest BCUT2D eigenvalue weighted by Crippen LogP contribution is -2.44. The third kappa shape index (κ3) is 4.24. The van der Waals surface area contributed by atoms with Crippen molar-refractivity contribution in [2.45, 2.75) is 6.04 Å². The van der Waals surface area contributed by atoms with Gasteiger partial charge in [-0.3, -0.25) is 9.88 Å². The van der Waals surface area contributed by atoms with Crippen molar-refractivity contribution in [2.24, 2.45) is 0 Å². The minimum absolute atomic E-state index is 0.0843. The lowest BCUT2D eigenvalue weighted by atomic mass is 10.2. The molecule has 3 heterocycles. The smallest absolute Gasteiger partial charge is 0.250 e. The molecule has 1 aromatic carbocycles. The lowest BCUT2D eigenvalue weighted by molar-refractivity contribution is 0.190. The summed E-state index contributed by atoms with van der Waals surface area (Å²) in [5.74, 6) is 1.17. The first-order valence-corrected chi connectivity index (χ1v) is 8.99. The van der Waals surface area contributed by atoms with Crippen LogP contribution in [0.4, 0.5) is 4.39 Å². The Bertz CT molecular complexity index is 960. The van der Waals surface area contributed by atoms with Gasteiger partial charge in [-0.05, 0) is 43.0 Å². The van der Waals surface area contributed by atoms with E-state index in [-0.39, 0.29) is 11.8 Å². The van der Waals surface area contributed by atoms with Crippen LogP contribution in [-0.4, -0.2) is 46.7 Å². The average Bonchev–Trinajstić information content (AvgIpc) is 3.18. The number of benzene rings is 1. The zero-order valence-electron chi connectivity index (χ0n) is 15.4. The van der Waals surface area contributed by atoms with Crippen LogP contribution in [0.25, 0.3) is 12.2 Å². The summed E-state index contributed by atoms with van der Waals surface area (Å²) in [7, 11) is 2.04.